The minimum atomic E-state index is 0.0173. The van der Waals surface area contributed by atoms with Crippen molar-refractivity contribution in [2.75, 3.05) is 26.7 Å². The van der Waals surface area contributed by atoms with Gasteiger partial charge in [-0.25, -0.2) is 0 Å². The molecule has 0 aliphatic carbocycles. The van der Waals surface area contributed by atoms with Crippen LogP contribution in [0.25, 0.3) is 6.08 Å². The van der Waals surface area contributed by atoms with Crippen LogP contribution in [0.3, 0.4) is 0 Å². The van der Waals surface area contributed by atoms with E-state index in [1.165, 1.54) is 5.56 Å². The Balaban J connectivity index is 1.23. The summed E-state index contributed by atoms with van der Waals surface area (Å²) in [5.41, 5.74) is 2.97. The molecular weight excluding hydrogens is 450 g/mol. The monoisotopic (exact) mass is 479 g/mol. The van der Waals surface area contributed by atoms with Crippen molar-refractivity contribution >= 4 is 23.6 Å². The molecular formula is C27H30ClN3O3. The van der Waals surface area contributed by atoms with E-state index in [0.29, 0.717) is 24.1 Å². The van der Waals surface area contributed by atoms with Crippen LogP contribution in [0.15, 0.2) is 71.5 Å². The highest BCUT2D eigenvalue weighted by molar-refractivity contribution is 6.32. The van der Waals surface area contributed by atoms with Crippen molar-refractivity contribution in [3.8, 4) is 5.75 Å². The summed E-state index contributed by atoms with van der Waals surface area (Å²) in [7, 11) is 2.05. The van der Waals surface area contributed by atoms with Crippen molar-refractivity contribution in [2.24, 2.45) is 5.92 Å². The number of halogens is 1. The Morgan fingerprint density at radius 2 is 2.03 bits per heavy atom. The number of ether oxygens (including phenoxy) is 1. The second-order valence-corrected chi connectivity index (χ2v) is 9.17. The fourth-order valence-corrected chi connectivity index (χ4v) is 4.35. The summed E-state index contributed by atoms with van der Waals surface area (Å²) < 4.78 is 10.9. The molecule has 6 nitrogen and oxygen atoms in total. The molecule has 7 heteroatoms. The third kappa shape index (κ3) is 6.95. The molecule has 34 heavy (non-hydrogen) atoms. The maximum absolute atomic E-state index is 12.7. The summed E-state index contributed by atoms with van der Waals surface area (Å²) in [4.78, 5) is 16.8. The number of amides is 1. The number of hydrogen-bond donors (Lipinski definition) is 0. The topological polar surface area (TPSA) is 58.8 Å². The Morgan fingerprint density at radius 1 is 1.21 bits per heavy atom. The van der Waals surface area contributed by atoms with Crippen molar-refractivity contribution in [2.45, 2.75) is 25.9 Å². The van der Waals surface area contributed by atoms with Crippen LogP contribution < -0.4 is 4.74 Å². The number of piperidine rings is 1. The summed E-state index contributed by atoms with van der Waals surface area (Å²) >= 11 is 6.18. The van der Waals surface area contributed by atoms with Gasteiger partial charge in [0.15, 0.2) is 0 Å². The maximum atomic E-state index is 12.7. The van der Waals surface area contributed by atoms with Crippen LogP contribution in [0.4, 0.5) is 0 Å². The zero-order valence-electron chi connectivity index (χ0n) is 19.4. The van der Waals surface area contributed by atoms with Crippen molar-refractivity contribution in [1.82, 2.24) is 15.0 Å². The van der Waals surface area contributed by atoms with E-state index in [2.05, 4.69) is 29.2 Å². The summed E-state index contributed by atoms with van der Waals surface area (Å²) in [6.07, 6.45) is 7.03. The number of carbonyl (C=O) groups excluding carboxylic acids is 1. The summed E-state index contributed by atoms with van der Waals surface area (Å²) in [5, 5.41) is 4.60. The van der Waals surface area contributed by atoms with E-state index < -0.39 is 0 Å². The fraction of sp³-hybridized carbons (Fsp3) is 0.333. The van der Waals surface area contributed by atoms with Crippen molar-refractivity contribution in [3.63, 3.8) is 0 Å². The molecule has 3 aromatic rings. The smallest absolute Gasteiger partial charge is 0.246 e. The maximum Gasteiger partial charge on any atom is 0.246 e. The average Bonchev–Trinajstić information content (AvgIpc) is 3.36. The first-order valence-corrected chi connectivity index (χ1v) is 12.0. The standard InChI is InChI=1S/C27H30ClN3O3/c1-30(19-24-14-16-34-29-24)17-21-8-11-25(12-9-21)33-20-22-5-4-15-31(18-22)27(32)13-10-23-6-2-3-7-26(23)28/h2-3,6-14,16,22H,4-5,15,17-20H2,1H3/b13-10+/t22-/m1/s1. The highest BCUT2D eigenvalue weighted by Crippen LogP contribution is 2.21. The quantitative estimate of drug-likeness (QED) is 0.390. The van der Waals surface area contributed by atoms with E-state index in [4.69, 9.17) is 20.9 Å². The van der Waals surface area contributed by atoms with Gasteiger partial charge in [0.2, 0.25) is 5.91 Å². The minimum absolute atomic E-state index is 0.0173. The van der Waals surface area contributed by atoms with Crippen LogP contribution in [0, 0.1) is 5.92 Å². The van der Waals surface area contributed by atoms with E-state index in [9.17, 15) is 4.79 Å². The van der Waals surface area contributed by atoms with Gasteiger partial charge < -0.3 is 14.2 Å². The number of nitrogens with zero attached hydrogens (tertiary/aromatic N) is 3. The van der Waals surface area contributed by atoms with E-state index in [1.807, 2.05) is 47.4 Å². The Hall–Kier alpha value is -3.09. The second kappa shape index (κ2) is 11.9. The molecule has 1 saturated heterocycles. The molecule has 4 rings (SSSR count). The van der Waals surface area contributed by atoms with Crippen LogP contribution in [0.5, 0.6) is 5.75 Å². The normalized spacial score (nSPS) is 16.3. The molecule has 0 bridgehead atoms. The number of likely N-dealkylation sites (tertiary alicyclic amines) is 1. The van der Waals surface area contributed by atoms with E-state index in [1.54, 1.807) is 18.4 Å². The Morgan fingerprint density at radius 3 is 2.79 bits per heavy atom. The molecule has 178 valence electrons. The number of rotatable bonds is 9. The molecule has 0 N–H and O–H groups in total. The third-order valence-corrected chi connectivity index (χ3v) is 6.27. The predicted molar refractivity (Wildman–Crippen MR) is 133 cm³/mol. The van der Waals surface area contributed by atoms with Crippen LogP contribution >= 0.6 is 11.6 Å². The molecule has 0 unspecified atom stereocenters. The second-order valence-electron chi connectivity index (χ2n) is 8.77. The van der Waals surface area contributed by atoms with Gasteiger partial charge >= 0.3 is 0 Å². The molecule has 2 aromatic carbocycles. The molecule has 0 radical (unpaired) electrons. The molecule has 0 spiro atoms. The van der Waals surface area contributed by atoms with Gasteiger partial charge in [0, 0.05) is 49.3 Å². The van der Waals surface area contributed by atoms with Crippen LogP contribution in [-0.2, 0) is 17.9 Å². The Bertz CT molecular complexity index is 1080. The largest absolute Gasteiger partial charge is 0.493 e. The minimum Gasteiger partial charge on any atom is -0.493 e. The zero-order chi connectivity index (χ0) is 23.8. The summed E-state index contributed by atoms with van der Waals surface area (Å²) in [6.45, 7) is 3.63. The molecule has 1 aromatic heterocycles. The average molecular weight is 480 g/mol. The lowest BCUT2D eigenvalue weighted by Crippen LogP contribution is -2.40. The Kier molecular flexibility index (Phi) is 8.39. The first kappa shape index (κ1) is 24.0. The highest BCUT2D eigenvalue weighted by atomic mass is 35.5. The van der Waals surface area contributed by atoms with E-state index in [-0.39, 0.29) is 5.91 Å². The summed E-state index contributed by atoms with van der Waals surface area (Å²) in [6, 6.07) is 17.6. The molecule has 1 aliphatic heterocycles. The van der Waals surface area contributed by atoms with Gasteiger partial charge in [-0.05, 0) is 55.3 Å². The lowest BCUT2D eigenvalue weighted by molar-refractivity contribution is -0.127. The van der Waals surface area contributed by atoms with Gasteiger partial charge in [-0.1, -0.05) is 47.1 Å². The molecule has 1 amide bonds. The number of benzene rings is 2. The van der Waals surface area contributed by atoms with Gasteiger partial charge in [-0.3, -0.25) is 9.69 Å². The molecule has 1 aliphatic rings. The van der Waals surface area contributed by atoms with Gasteiger partial charge in [0.25, 0.3) is 0 Å². The van der Waals surface area contributed by atoms with Crippen LogP contribution in [-0.4, -0.2) is 47.6 Å². The zero-order valence-corrected chi connectivity index (χ0v) is 20.2. The van der Waals surface area contributed by atoms with Gasteiger partial charge in [0.05, 0.1) is 12.3 Å². The number of hydrogen-bond acceptors (Lipinski definition) is 5. The first-order valence-electron chi connectivity index (χ1n) is 11.6. The van der Waals surface area contributed by atoms with Crippen LogP contribution in [0.2, 0.25) is 5.02 Å². The van der Waals surface area contributed by atoms with Crippen molar-refractivity contribution in [3.05, 3.63) is 88.8 Å². The van der Waals surface area contributed by atoms with Crippen molar-refractivity contribution in [1.29, 1.82) is 0 Å². The Labute approximate surface area is 205 Å². The van der Waals surface area contributed by atoms with Gasteiger partial charge in [-0.15, -0.1) is 0 Å². The van der Waals surface area contributed by atoms with E-state index in [0.717, 1.165) is 49.5 Å². The van der Waals surface area contributed by atoms with Crippen LogP contribution in [0.1, 0.15) is 29.7 Å². The first-order chi connectivity index (χ1) is 16.6. The predicted octanol–water partition coefficient (Wildman–Crippen LogP) is 5.29. The van der Waals surface area contributed by atoms with Gasteiger partial charge in [0.1, 0.15) is 12.0 Å². The molecule has 1 fully saturated rings. The number of carbonyl (C=O) groups is 1. The highest BCUT2D eigenvalue weighted by Gasteiger charge is 2.23. The number of aromatic nitrogens is 1. The third-order valence-electron chi connectivity index (χ3n) is 5.93. The molecule has 2 heterocycles. The van der Waals surface area contributed by atoms with Crippen molar-refractivity contribution < 1.29 is 14.1 Å². The SMILES string of the molecule is CN(Cc1ccc(OC[C@@H]2CCCN(C(=O)/C=C/c3ccccc3Cl)C2)cc1)Cc1ccon1. The fourth-order valence-electron chi connectivity index (χ4n) is 4.15. The van der Waals surface area contributed by atoms with E-state index >= 15 is 0 Å². The lowest BCUT2D eigenvalue weighted by Gasteiger charge is -2.32. The van der Waals surface area contributed by atoms with Gasteiger partial charge in [-0.2, -0.15) is 0 Å². The molecule has 1 atom stereocenters. The summed E-state index contributed by atoms with van der Waals surface area (Å²) in [5.74, 6) is 1.19. The lowest BCUT2D eigenvalue weighted by atomic mass is 9.99. The molecule has 0 saturated carbocycles.